The molecule has 5 nitrogen and oxygen atoms in total. The summed E-state index contributed by atoms with van der Waals surface area (Å²) in [5, 5.41) is 10.2. The van der Waals surface area contributed by atoms with E-state index in [-0.39, 0.29) is 12.1 Å². The van der Waals surface area contributed by atoms with Crippen LogP contribution in [0.5, 0.6) is 17.2 Å². The molecule has 0 aliphatic carbocycles. The second-order valence-corrected chi connectivity index (χ2v) is 6.55. The predicted octanol–water partition coefficient (Wildman–Crippen LogP) is 2.77. The van der Waals surface area contributed by atoms with E-state index in [0.717, 1.165) is 34.8 Å². The van der Waals surface area contributed by atoms with E-state index in [1.807, 2.05) is 24.3 Å². The maximum Gasteiger partial charge on any atom is 0.165 e. The number of aliphatic hydroxyl groups is 1. The molecule has 25 heavy (non-hydrogen) atoms. The van der Waals surface area contributed by atoms with Gasteiger partial charge in [-0.15, -0.1) is 0 Å². The summed E-state index contributed by atoms with van der Waals surface area (Å²) >= 11 is 0. The first-order chi connectivity index (χ1) is 12.2. The number of hydrogen-bond donors (Lipinski definition) is 1. The second-order valence-electron chi connectivity index (χ2n) is 6.55. The summed E-state index contributed by atoms with van der Waals surface area (Å²) < 4.78 is 16.9. The fourth-order valence-corrected chi connectivity index (χ4v) is 3.73. The Morgan fingerprint density at radius 3 is 2.88 bits per heavy atom. The van der Waals surface area contributed by atoms with Crippen LogP contribution in [0, 0.1) is 0 Å². The Labute approximate surface area is 147 Å². The van der Waals surface area contributed by atoms with Crippen molar-refractivity contribution in [3.05, 3.63) is 53.6 Å². The number of nitrogens with zero attached hydrogens (tertiary/aromatic N) is 1. The number of rotatable bonds is 4. The van der Waals surface area contributed by atoms with Crippen molar-refractivity contribution >= 4 is 0 Å². The summed E-state index contributed by atoms with van der Waals surface area (Å²) in [5.74, 6) is 2.48. The molecule has 2 aliphatic rings. The Morgan fingerprint density at radius 1 is 1.16 bits per heavy atom. The van der Waals surface area contributed by atoms with Gasteiger partial charge in [-0.2, -0.15) is 0 Å². The third kappa shape index (κ3) is 3.30. The molecule has 4 rings (SSSR count). The Kier molecular flexibility index (Phi) is 4.51. The molecule has 2 aromatic carbocycles. The summed E-state index contributed by atoms with van der Waals surface area (Å²) in [4.78, 5) is 2.30. The number of benzene rings is 2. The molecular formula is C20H23NO4. The number of β-amino-alcohol motifs (C(OH)–C–C–N with tert-alkyl or cyclic N) is 1. The molecule has 0 bridgehead atoms. The van der Waals surface area contributed by atoms with Gasteiger partial charge in [-0.05, 0) is 30.2 Å². The molecule has 2 aromatic rings. The zero-order chi connectivity index (χ0) is 17.2. The van der Waals surface area contributed by atoms with Crippen molar-refractivity contribution in [2.45, 2.75) is 25.1 Å². The summed E-state index contributed by atoms with van der Waals surface area (Å²) in [6.07, 6.45) is 0.396. The van der Waals surface area contributed by atoms with Gasteiger partial charge in [0.05, 0.1) is 13.2 Å². The van der Waals surface area contributed by atoms with E-state index in [4.69, 9.17) is 14.2 Å². The third-order valence-corrected chi connectivity index (χ3v) is 4.88. The first-order valence-electron chi connectivity index (χ1n) is 8.68. The van der Waals surface area contributed by atoms with Crippen LogP contribution in [-0.4, -0.2) is 43.0 Å². The van der Waals surface area contributed by atoms with Gasteiger partial charge < -0.3 is 19.3 Å². The summed E-state index contributed by atoms with van der Waals surface area (Å²) in [5.41, 5.74) is 2.26. The quantitative estimate of drug-likeness (QED) is 0.927. The van der Waals surface area contributed by atoms with E-state index in [2.05, 4.69) is 23.1 Å². The van der Waals surface area contributed by atoms with E-state index < -0.39 is 0 Å². The van der Waals surface area contributed by atoms with Gasteiger partial charge in [0.1, 0.15) is 19.0 Å². The van der Waals surface area contributed by atoms with Crippen LogP contribution in [0.4, 0.5) is 0 Å². The number of fused-ring (bicyclic) bond motifs is 1. The van der Waals surface area contributed by atoms with E-state index in [1.54, 1.807) is 7.11 Å². The molecule has 0 saturated carbocycles. The van der Waals surface area contributed by atoms with Crippen LogP contribution in [0.1, 0.15) is 23.6 Å². The molecule has 1 saturated heterocycles. The minimum absolute atomic E-state index is 0.158. The zero-order valence-electron chi connectivity index (χ0n) is 14.4. The van der Waals surface area contributed by atoms with Gasteiger partial charge in [-0.3, -0.25) is 4.90 Å². The van der Waals surface area contributed by atoms with Crippen molar-refractivity contribution in [1.82, 2.24) is 4.90 Å². The van der Waals surface area contributed by atoms with Gasteiger partial charge >= 0.3 is 0 Å². The summed E-state index contributed by atoms with van der Waals surface area (Å²) in [7, 11) is 1.67. The fraction of sp³-hybridized carbons (Fsp3) is 0.400. The molecule has 2 aliphatic heterocycles. The van der Waals surface area contributed by atoms with E-state index in [1.165, 1.54) is 0 Å². The van der Waals surface area contributed by atoms with Gasteiger partial charge in [0, 0.05) is 24.7 Å². The molecule has 132 valence electrons. The topological polar surface area (TPSA) is 51.2 Å². The SMILES string of the molecule is COc1cccc([C@H]2C[C@@H](O)CN2Cc2cccc3c2OCCO3)c1. The van der Waals surface area contributed by atoms with E-state index in [0.29, 0.717) is 26.3 Å². The van der Waals surface area contributed by atoms with Crippen molar-refractivity contribution in [2.24, 2.45) is 0 Å². The highest BCUT2D eigenvalue weighted by atomic mass is 16.6. The monoisotopic (exact) mass is 341 g/mol. The molecule has 0 aromatic heterocycles. The number of hydrogen-bond acceptors (Lipinski definition) is 5. The van der Waals surface area contributed by atoms with Crippen LogP contribution in [0.2, 0.25) is 0 Å². The maximum atomic E-state index is 10.2. The molecule has 0 radical (unpaired) electrons. The fourth-order valence-electron chi connectivity index (χ4n) is 3.73. The van der Waals surface area contributed by atoms with Crippen LogP contribution in [0.25, 0.3) is 0 Å². The second kappa shape index (κ2) is 6.94. The smallest absolute Gasteiger partial charge is 0.165 e. The van der Waals surface area contributed by atoms with Crippen molar-refractivity contribution in [3.63, 3.8) is 0 Å². The Hall–Kier alpha value is -2.24. The number of para-hydroxylation sites is 1. The van der Waals surface area contributed by atoms with Crippen LogP contribution in [0.15, 0.2) is 42.5 Å². The summed E-state index contributed by atoms with van der Waals surface area (Å²) in [6.45, 7) is 2.52. The molecule has 2 heterocycles. The number of aliphatic hydroxyl groups excluding tert-OH is 1. The number of methoxy groups -OCH3 is 1. The maximum absolute atomic E-state index is 10.2. The van der Waals surface area contributed by atoms with Gasteiger partial charge in [0.25, 0.3) is 0 Å². The Morgan fingerprint density at radius 2 is 2.00 bits per heavy atom. The highest BCUT2D eigenvalue weighted by molar-refractivity contribution is 5.47. The number of ether oxygens (including phenoxy) is 3. The predicted molar refractivity (Wildman–Crippen MR) is 94.2 cm³/mol. The van der Waals surface area contributed by atoms with E-state index >= 15 is 0 Å². The molecule has 1 N–H and O–H groups in total. The molecule has 0 amide bonds. The van der Waals surface area contributed by atoms with Gasteiger partial charge in [0.2, 0.25) is 0 Å². The highest BCUT2D eigenvalue weighted by Crippen LogP contribution is 2.39. The summed E-state index contributed by atoms with van der Waals surface area (Å²) in [6, 6.07) is 14.3. The minimum Gasteiger partial charge on any atom is -0.497 e. The van der Waals surface area contributed by atoms with Gasteiger partial charge in [-0.25, -0.2) is 0 Å². The lowest BCUT2D eigenvalue weighted by atomic mass is 10.0. The Bertz CT molecular complexity index is 748. The Balaban J connectivity index is 1.60. The first kappa shape index (κ1) is 16.2. The molecule has 5 heteroatoms. The van der Waals surface area contributed by atoms with E-state index in [9.17, 15) is 5.11 Å². The average Bonchev–Trinajstić information content (AvgIpc) is 3.02. The molecule has 2 atom stereocenters. The third-order valence-electron chi connectivity index (χ3n) is 4.88. The molecular weight excluding hydrogens is 318 g/mol. The van der Waals surface area contributed by atoms with Crippen LogP contribution < -0.4 is 14.2 Å². The van der Waals surface area contributed by atoms with Crippen molar-refractivity contribution in [1.29, 1.82) is 0 Å². The first-order valence-corrected chi connectivity index (χ1v) is 8.68. The van der Waals surface area contributed by atoms with Gasteiger partial charge in [-0.1, -0.05) is 24.3 Å². The minimum atomic E-state index is -0.326. The van der Waals surface area contributed by atoms with Crippen LogP contribution >= 0.6 is 0 Å². The van der Waals surface area contributed by atoms with Gasteiger partial charge in [0.15, 0.2) is 11.5 Å². The molecule has 1 fully saturated rings. The largest absolute Gasteiger partial charge is 0.497 e. The van der Waals surface area contributed by atoms with Crippen molar-refractivity contribution in [3.8, 4) is 17.2 Å². The lowest BCUT2D eigenvalue weighted by molar-refractivity contribution is 0.159. The lowest BCUT2D eigenvalue weighted by Gasteiger charge is -2.27. The lowest BCUT2D eigenvalue weighted by Crippen LogP contribution is -2.25. The molecule has 0 unspecified atom stereocenters. The zero-order valence-corrected chi connectivity index (χ0v) is 14.4. The van der Waals surface area contributed by atoms with Crippen molar-refractivity contribution < 1.29 is 19.3 Å². The molecule has 0 spiro atoms. The number of likely N-dealkylation sites (tertiary alicyclic amines) is 1. The van der Waals surface area contributed by atoms with Crippen molar-refractivity contribution in [2.75, 3.05) is 26.9 Å². The standard InChI is InChI=1S/C20H23NO4/c1-23-17-6-2-4-14(10-17)18-11-16(22)13-21(18)12-15-5-3-7-19-20(15)25-9-8-24-19/h2-7,10,16,18,22H,8-9,11-13H2,1H3/t16-,18-/m1/s1. The highest BCUT2D eigenvalue weighted by Gasteiger charge is 2.33. The normalized spacial score (nSPS) is 22.8. The van der Waals surface area contributed by atoms with Crippen LogP contribution in [0.3, 0.4) is 0 Å². The average molecular weight is 341 g/mol. The van der Waals surface area contributed by atoms with Crippen LogP contribution in [-0.2, 0) is 6.54 Å².